The summed E-state index contributed by atoms with van der Waals surface area (Å²) in [6, 6.07) is 5.89. The van der Waals surface area contributed by atoms with Crippen molar-refractivity contribution in [2.24, 2.45) is 0 Å². The van der Waals surface area contributed by atoms with Gasteiger partial charge in [-0.15, -0.1) is 0 Å². The van der Waals surface area contributed by atoms with E-state index in [4.69, 9.17) is 9.47 Å². The molecule has 1 heterocycles. The molecule has 2 rings (SSSR count). The number of ether oxygens (including phenoxy) is 2. The van der Waals surface area contributed by atoms with Gasteiger partial charge in [0.25, 0.3) is 0 Å². The average Bonchev–Trinajstić information content (AvgIpc) is 2.53. The van der Waals surface area contributed by atoms with E-state index in [-0.39, 0.29) is 10.8 Å². The Kier molecular flexibility index (Phi) is 6.05. The molecule has 1 aliphatic rings. The van der Waals surface area contributed by atoms with Gasteiger partial charge in [0.2, 0.25) is 6.29 Å². The third-order valence-corrected chi connectivity index (χ3v) is 4.75. The Morgan fingerprint density at radius 2 is 1.54 bits per heavy atom. The van der Waals surface area contributed by atoms with E-state index in [9.17, 15) is 20.4 Å². The van der Waals surface area contributed by atoms with Crippen molar-refractivity contribution in [1.82, 2.24) is 0 Å². The number of benzene rings is 1. The third-order valence-electron chi connectivity index (χ3n) is 4.75. The maximum Gasteiger partial charge on any atom is 0.229 e. The van der Waals surface area contributed by atoms with E-state index in [1.807, 2.05) is 12.1 Å². The smallest absolute Gasteiger partial charge is 0.229 e. The topological polar surface area (TPSA) is 99.4 Å². The minimum atomic E-state index is -1.46. The quantitative estimate of drug-likeness (QED) is 0.645. The van der Waals surface area contributed by atoms with Crippen LogP contribution < -0.4 is 4.74 Å². The first-order chi connectivity index (χ1) is 11.9. The highest BCUT2D eigenvalue weighted by atomic mass is 16.7. The van der Waals surface area contributed by atoms with Crippen molar-refractivity contribution in [3.63, 3.8) is 0 Å². The van der Waals surface area contributed by atoms with Crippen LogP contribution in [0.5, 0.6) is 5.75 Å². The molecule has 1 aromatic carbocycles. The van der Waals surface area contributed by atoms with Crippen LogP contribution in [0.2, 0.25) is 0 Å². The van der Waals surface area contributed by atoms with Gasteiger partial charge in [0.15, 0.2) is 0 Å². The summed E-state index contributed by atoms with van der Waals surface area (Å²) in [4.78, 5) is 0. The molecule has 0 radical (unpaired) electrons. The highest BCUT2D eigenvalue weighted by Gasteiger charge is 2.45. The summed E-state index contributed by atoms with van der Waals surface area (Å²) >= 11 is 0. The average molecular weight is 368 g/mol. The maximum atomic E-state index is 10.2. The molecule has 1 fully saturated rings. The lowest BCUT2D eigenvalue weighted by atomic mass is 9.80. The molecule has 0 spiro atoms. The normalized spacial score (nSPS) is 30.3. The fourth-order valence-corrected chi connectivity index (χ4v) is 2.98. The Bertz CT molecular complexity index is 614. The van der Waals surface area contributed by atoms with Crippen LogP contribution >= 0.6 is 0 Å². The molecule has 0 unspecified atom stereocenters. The van der Waals surface area contributed by atoms with Gasteiger partial charge in [0, 0.05) is 0 Å². The Morgan fingerprint density at radius 3 is 2.04 bits per heavy atom. The van der Waals surface area contributed by atoms with Gasteiger partial charge in [-0.3, -0.25) is 0 Å². The van der Waals surface area contributed by atoms with E-state index in [0.29, 0.717) is 5.75 Å². The van der Waals surface area contributed by atoms with Gasteiger partial charge < -0.3 is 29.9 Å². The summed E-state index contributed by atoms with van der Waals surface area (Å²) in [5, 5.41) is 39.4. The molecular formula is C20H32O6. The Hall–Kier alpha value is -1.18. The zero-order valence-electron chi connectivity index (χ0n) is 16.4. The van der Waals surface area contributed by atoms with Crippen LogP contribution in [0.25, 0.3) is 0 Å². The van der Waals surface area contributed by atoms with E-state index in [1.54, 1.807) is 0 Å². The molecule has 6 nitrogen and oxygen atoms in total. The number of hydrogen-bond acceptors (Lipinski definition) is 6. The van der Waals surface area contributed by atoms with Crippen LogP contribution in [-0.2, 0) is 15.6 Å². The number of hydrogen-bond donors (Lipinski definition) is 4. The van der Waals surface area contributed by atoms with Crippen molar-refractivity contribution in [3.8, 4) is 5.75 Å². The fraction of sp³-hybridized carbons (Fsp3) is 0.700. The summed E-state index contributed by atoms with van der Waals surface area (Å²) in [6.07, 6.45) is -6.47. The molecule has 0 amide bonds. The first-order valence-electron chi connectivity index (χ1n) is 8.98. The molecule has 1 aliphatic heterocycles. The monoisotopic (exact) mass is 368 g/mol. The van der Waals surface area contributed by atoms with Crippen LogP contribution in [0, 0.1) is 0 Å². The molecule has 1 saturated heterocycles. The van der Waals surface area contributed by atoms with Gasteiger partial charge in [0.1, 0.15) is 30.2 Å². The van der Waals surface area contributed by atoms with Crippen LogP contribution in [0.3, 0.4) is 0 Å². The lowest BCUT2D eigenvalue weighted by molar-refractivity contribution is -0.277. The Morgan fingerprint density at radius 1 is 0.923 bits per heavy atom. The third kappa shape index (κ3) is 4.38. The predicted octanol–water partition coefficient (Wildman–Crippen LogP) is 1.46. The van der Waals surface area contributed by atoms with Crippen LogP contribution in [-0.4, -0.2) is 57.7 Å². The fourth-order valence-electron chi connectivity index (χ4n) is 2.98. The van der Waals surface area contributed by atoms with Crippen molar-refractivity contribution < 1.29 is 29.9 Å². The molecule has 0 saturated carbocycles. The molecule has 0 aromatic heterocycles. The Labute approximate surface area is 155 Å². The first kappa shape index (κ1) is 21.1. The zero-order chi connectivity index (χ0) is 19.9. The molecule has 6 heteroatoms. The van der Waals surface area contributed by atoms with Crippen LogP contribution in [0.4, 0.5) is 0 Å². The van der Waals surface area contributed by atoms with E-state index in [0.717, 1.165) is 11.1 Å². The second-order valence-electron chi connectivity index (χ2n) is 9.03. The van der Waals surface area contributed by atoms with Crippen molar-refractivity contribution in [2.75, 3.05) is 6.61 Å². The van der Waals surface area contributed by atoms with Crippen molar-refractivity contribution in [1.29, 1.82) is 0 Å². The summed E-state index contributed by atoms with van der Waals surface area (Å²) < 4.78 is 11.4. The maximum absolute atomic E-state index is 10.2. The minimum absolute atomic E-state index is 0.0261. The second-order valence-corrected chi connectivity index (χ2v) is 9.03. The summed E-state index contributed by atoms with van der Waals surface area (Å²) in [5.41, 5.74) is 1.86. The molecule has 0 aliphatic carbocycles. The molecule has 0 bridgehead atoms. The van der Waals surface area contributed by atoms with Crippen molar-refractivity contribution in [2.45, 2.75) is 83.1 Å². The van der Waals surface area contributed by atoms with Gasteiger partial charge >= 0.3 is 0 Å². The lowest BCUT2D eigenvalue weighted by Crippen LogP contribution is -2.60. The van der Waals surface area contributed by atoms with Crippen molar-refractivity contribution >= 4 is 0 Å². The van der Waals surface area contributed by atoms with E-state index in [1.165, 1.54) is 0 Å². The van der Waals surface area contributed by atoms with Gasteiger partial charge in [-0.25, -0.2) is 0 Å². The van der Waals surface area contributed by atoms with E-state index in [2.05, 4.69) is 47.6 Å². The number of aliphatic hydroxyl groups excluding tert-OH is 4. The summed E-state index contributed by atoms with van der Waals surface area (Å²) in [5.74, 6) is 0.537. The Balaban J connectivity index is 2.36. The summed E-state index contributed by atoms with van der Waals surface area (Å²) in [7, 11) is 0. The van der Waals surface area contributed by atoms with E-state index >= 15 is 0 Å². The second kappa shape index (κ2) is 7.44. The summed E-state index contributed by atoms with van der Waals surface area (Å²) in [6.45, 7) is 12.1. The standard InChI is InChI=1S/C20H32O6/c1-19(2,3)11-7-8-13(12(9-11)20(4,5)6)25-18-17(24)16(23)15(22)14(10-21)26-18/h7-9,14-18,21-24H,10H2,1-6H3/t14-,15+,16-,17-,18-/m1/s1. The van der Waals surface area contributed by atoms with Gasteiger partial charge in [-0.1, -0.05) is 53.7 Å². The highest BCUT2D eigenvalue weighted by Crippen LogP contribution is 2.37. The molecular weight excluding hydrogens is 336 g/mol. The lowest BCUT2D eigenvalue weighted by Gasteiger charge is -2.40. The number of aliphatic hydroxyl groups is 4. The van der Waals surface area contributed by atoms with Crippen molar-refractivity contribution in [3.05, 3.63) is 29.3 Å². The molecule has 5 atom stereocenters. The molecule has 26 heavy (non-hydrogen) atoms. The molecule has 148 valence electrons. The van der Waals surface area contributed by atoms with Gasteiger partial charge in [-0.05, 0) is 28.0 Å². The first-order valence-corrected chi connectivity index (χ1v) is 8.98. The van der Waals surface area contributed by atoms with Gasteiger partial charge in [-0.2, -0.15) is 0 Å². The van der Waals surface area contributed by atoms with Gasteiger partial charge in [0.05, 0.1) is 6.61 Å². The number of rotatable bonds is 3. The molecule has 4 N–H and O–H groups in total. The van der Waals surface area contributed by atoms with Crippen LogP contribution in [0.15, 0.2) is 18.2 Å². The SMILES string of the molecule is CC(C)(C)c1ccc(O[C@@H]2O[C@H](CO)[C@H](O)[C@@H](O)[C@H]2O)c(C(C)(C)C)c1. The minimum Gasteiger partial charge on any atom is -0.462 e. The largest absolute Gasteiger partial charge is 0.462 e. The highest BCUT2D eigenvalue weighted by molar-refractivity contribution is 5.43. The van der Waals surface area contributed by atoms with Crippen LogP contribution in [0.1, 0.15) is 52.7 Å². The molecule has 1 aromatic rings. The predicted molar refractivity (Wildman–Crippen MR) is 98.2 cm³/mol. The zero-order valence-corrected chi connectivity index (χ0v) is 16.4. The van der Waals surface area contributed by atoms with E-state index < -0.39 is 37.3 Å².